The first kappa shape index (κ1) is 20.5. The Morgan fingerprint density at radius 2 is 1.96 bits per heavy atom. The van der Waals surface area contributed by atoms with E-state index in [0.29, 0.717) is 24.7 Å². The molecular weight excluding hydrogens is 330 g/mol. The SMILES string of the molecule is CCCCCCCC(=O)N(CC(=O)Nc1ccon1)CC1CCCCC1. The molecule has 26 heavy (non-hydrogen) atoms. The normalized spacial score (nSPS) is 15.0. The highest BCUT2D eigenvalue weighted by Crippen LogP contribution is 2.24. The van der Waals surface area contributed by atoms with Gasteiger partial charge in [-0.1, -0.05) is 57.0 Å². The minimum absolute atomic E-state index is 0.0944. The summed E-state index contributed by atoms with van der Waals surface area (Å²) < 4.78 is 4.73. The summed E-state index contributed by atoms with van der Waals surface area (Å²) in [7, 11) is 0. The molecule has 1 aliphatic rings. The molecule has 146 valence electrons. The van der Waals surface area contributed by atoms with Crippen molar-refractivity contribution in [2.45, 2.75) is 77.6 Å². The average molecular weight is 364 g/mol. The molecule has 0 atom stereocenters. The molecule has 6 nitrogen and oxygen atoms in total. The zero-order chi connectivity index (χ0) is 18.6. The zero-order valence-corrected chi connectivity index (χ0v) is 16.0. The number of unbranched alkanes of at least 4 members (excludes halogenated alkanes) is 4. The van der Waals surface area contributed by atoms with Crippen molar-refractivity contribution in [3.8, 4) is 0 Å². The highest BCUT2D eigenvalue weighted by molar-refractivity contribution is 5.93. The molecule has 1 aliphatic carbocycles. The van der Waals surface area contributed by atoms with Gasteiger partial charge in [0.25, 0.3) is 0 Å². The Bertz CT molecular complexity index is 524. The maximum absolute atomic E-state index is 12.7. The van der Waals surface area contributed by atoms with E-state index in [9.17, 15) is 9.59 Å². The van der Waals surface area contributed by atoms with Gasteiger partial charge < -0.3 is 14.7 Å². The van der Waals surface area contributed by atoms with Crippen LogP contribution in [0.4, 0.5) is 5.82 Å². The fraction of sp³-hybridized carbons (Fsp3) is 0.750. The van der Waals surface area contributed by atoms with Crippen molar-refractivity contribution in [3.05, 3.63) is 12.3 Å². The Labute approximate surface area is 156 Å². The first-order valence-electron chi connectivity index (χ1n) is 10.2. The lowest BCUT2D eigenvalue weighted by Gasteiger charge is -2.29. The average Bonchev–Trinajstić information content (AvgIpc) is 3.14. The van der Waals surface area contributed by atoms with Gasteiger partial charge in [0.1, 0.15) is 6.26 Å². The summed E-state index contributed by atoms with van der Waals surface area (Å²) >= 11 is 0. The summed E-state index contributed by atoms with van der Waals surface area (Å²) in [5.41, 5.74) is 0. The molecule has 1 fully saturated rings. The van der Waals surface area contributed by atoms with Crippen LogP contribution in [0.15, 0.2) is 16.9 Å². The first-order chi connectivity index (χ1) is 12.7. The molecule has 1 N–H and O–H groups in total. The predicted molar refractivity (Wildman–Crippen MR) is 102 cm³/mol. The van der Waals surface area contributed by atoms with Crippen LogP contribution in [0.25, 0.3) is 0 Å². The number of carbonyl (C=O) groups is 2. The second-order valence-corrected chi connectivity index (χ2v) is 7.38. The van der Waals surface area contributed by atoms with Crippen LogP contribution in [0.3, 0.4) is 0 Å². The van der Waals surface area contributed by atoms with Crippen LogP contribution < -0.4 is 5.32 Å². The van der Waals surface area contributed by atoms with E-state index < -0.39 is 0 Å². The van der Waals surface area contributed by atoms with Crippen molar-refractivity contribution in [2.24, 2.45) is 5.92 Å². The van der Waals surface area contributed by atoms with Gasteiger partial charge in [0, 0.05) is 19.0 Å². The fourth-order valence-corrected chi connectivity index (χ4v) is 3.61. The standard InChI is InChI=1S/C20H33N3O3/c1-2-3-4-5-9-12-20(25)23(15-17-10-7-6-8-11-17)16-19(24)21-18-13-14-26-22-18/h13-14,17H,2-12,15-16H2,1H3,(H,21,22,24). The number of hydrogen-bond acceptors (Lipinski definition) is 4. The monoisotopic (exact) mass is 363 g/mol. The molecule has 2 rings (SSSR count). The first-order valence-corrected chi connectivity index (χ1v) is 10.2. The van der Waals surface area contributed by atoms with Gasteiger partial charge in [0.05, 0.1) is 6.54 Å². The van der Waals surface area contributed by atoms with Gasteiger partial charge in [-0.3, -0.25) is 9.59 Å². The number of nitrogens with one attached hydrogen (secondary N) is 1. The molecule has 2 amide bonds. The van der Waals surface area contributed by atoms with E-state index >= 15 is 0 Å². The largest absolute Gasteiger partial charge is 0.363 e. The predicted octanol–water partition coefficient (Wildman–Crippen LogP) is 4.38. The van der Waals surface area contributed by atoms with Gasteiger partial charge in [-0.2, -0.15) is 0 Å². The van der Waals surface area contributed by atoms with Crippen molar-refractivity contribution < 1.29 is 14.1 Å². The quantitative estimate of drug-likeness (QED) is 0.592. The molecule has 1 heterocycles. The van der Waals surface area contributed by atoms with Crippen LogP contribution in [0, 0.1) is 5.92 Å². The Morgan fingerprint density at radius 3 is 2.65 bits per heavy atom. The summed E-state index contributed by atoms with van der Waals surface area (Å²) in [5.74, 6) is 0.795. The molecule has 1 aromatic rings. The second-order valence-electron chi connectivity index (χ2n) is 7.38. The Morgan fingerprint density at radius 1 is 1.19 bits per heavy atom. The van der Waals surface area contributed by atoms with Gasteiger partial charge in [-0.15, -0.1) is 0 Å². The van der Waals surface area contributed by atoms with E-state index in [0.717, 1.165) is 25.7 Å². The lowest BCUT2D eigenvalue weighted by molar-refractivity contribution is -0.135. The van der Waals surface area contributed by atoms with E-state index in [2.05, 4.69) is 17.4 Å². The minimum Gasteiger partial charge on any atom is -0.363 e. The molecule has 1 aromatic heterocycles. The molecule has 0 radical (unpaired) electrons. The van der Waals surface area contributed by atoms with Crippen molar-refractivity contribution in [1.82, 2.24) is 10.1 Å². The second kappa shape index (κ2) is 11.7. The topological polar surface area (TPSA) is 75.4 Å². The van der Waals surface area contributed by atoms with E-state index in [-0.39, 0.29) is 18.4 Å². The van der Waals surface area contributed by atoms with E-state index in [1.54, 1.807) is 11.0 Å². The molecule has 1 saturated carbocycles. The third kappa shape index (κ3) is 7.58. The minimum atomic E-state index is -0.214. The van der Waals surface area contributed by atoms with E-state index in [1.165, 1.54) is 44.8 Å². The van der Waals surface area contributed by atoms with Gasteiger partial charge >= 0.3 is 0 Å². The molecule has 6 heteroatoms. The van der Waals surface area contributed by atoms with Crippen LogP contribution in [0.5, 0.6) is 0 Å². The number of hydrogen-bond donors (Lipinski definition) is 1. The summed E-state index contributed by atoms with van der Waals surface area (Å²) in [6.07, 6.45) is 13.6. The van der Waals surface area contributed by atoms with Crippen molar-refractivity contribution in [1.29, 1.82) is 0 Å². The number of anilines is 1. The van der Waals surface area contributed by atoms with E-state index in [4.69, 9.17) is 4.52 Å². The lowest BCUT2D eigenvalue weighted by atomic mass is 9.89. The van der Waals surface area contributed by atoms with E-state index in [1.807, 2.05) is 0 Å². The molecule has 0 bridgehead atoms. The molecule has 0 spiro atoms. The highest BCUT2D eigenvalue weighted by atomic mass is 16.5. The molecule has 0 aliphatic heterocycles. The number of amides is 2. The number of nitrogens with zero attached hydrogens (tertiary/aromatic N) is 2. The maximum atomic E-state index is 12.7. The summed E-state index contributed by atoms with van der Waals surface area (Å²) in [6.45, 7) is 2.97. The van der Waals surface area contributed by atoms with Crippen molar-refractivity contribution >= 4 is 17.6 Å². The Balaban J connectivity index is 1.84. The van der Waals surface area contributed by atoms with Gasteiger partial charge in [-0.25, -0.2) is 0 Å². The lowest BCUT2D eigenvalue weighted by Crippen LogP contribution is -2.41. The maximum Gasteiger partial charge on any atom is 0.245 e. The summed E-state index contributed by atoms with van der Waals surface area (Å²) in [5, 5.41) is 6.38. The number of aromatic nitrogens is 1. The van der Waals surface area contributed by atoms with Gasteiger partial charge in [0.2, 0.25) is 11.8 Å². The Hall–Kier alpha value is -1.85. The summed E-state index contributed by atoms with van der Waals surface area (Å²) in [6, 6.07) is 1.60. The third-order valence-electron chi connectivity index (χ3n) is 5.09. The van der Waals surface area contributed by atoms with Crippen LogP contribution in [-0.2, 0) is 9.59 Å². The fourth-order valence-electron chi connectivity index (χ4n) is 3.61. The summed E-state index contributed by atoms with van der Waals surface area (Å²) in [4.78, 5) is 26.7. The van der Waals surface area contributed by atoms with Crippen molar-refractivity contribution in [2.75, 3.05) is 18.4 Å². The smallest absolute Gasteiger partial charge is 0.245 e. The van der Waals surface area contributed by atoms with Crippen LogP contribution in [-0.4, -0.2) is 35.0 Å². The van der Waals surface area contributed by atoms with Gasteiger partial charge in [0.15, 0.2) is 5.82 Å². The highest BCUT2D eigenvalue weighted by Gasteiger charge is 2.23. The van der Waals surface area contributed by atoms with Crippen molar-refractivity contribution in [3.63, 3.8) is 0 Å². The molecule has 0 aromatic carbocycles. The molecule has 0 saturated heterocycles. The zero-order valence-electron chi connectivity index (χ0n) is 16.0. The number of carbonyl (C=O) groups excluding carboxylic acids is 2. The molecular formula is C20H33N3O3. The Kier molecular flexibility index (Phi) is 9.21. The van der Waals surface area contributed by atoms with Crippen LogP contribution in [0.1, 0.15) is 77.6 Å². The van der Waals surface area contributed by atoms with Gasteiger partial charge in [-0.05, 0) is 25.2 Å². The van der Waals surface area contributed by atoms with Crippen LogP contribution >= 0.6 is 0 Å². The molecule has 0 unspecified atom stereocenters. The number of rotatable bonds is 11. The third-order valence-corrected chi connectivity index (χ3v) is 5.09. The van der Waals surface area contributed by atoms with Crippen LogP contribution in [0.2, 0.25) is 0 Å².